The lowest BCUT2D eigenvalue weighted by Gasteiger charge is -2.14. The summed E-state index contributed by atoms with van der Waals surface area (Å²) in [4.78, 5) is 13.8. The highest BCUT2D eigenvalue weighted by Crippen LogP contribution is 2.22. The number of allylic oxidation sites excluding steroid dienone is 1. The standard InChI is InChI=1S/C13H16BrNO2/c1-3-15(4-2)8-7-12(16)11-6-5-10(14)9-13(11)17/h5-9,17H,3-4H2,1-2H3. The van der Waals surface area contributed by atoms with E-state index in [4.69, 9.17) is 0 Å². The van der Waals surface area contributed by atoms with Gasteiger partial charge in [0.2, 0.25) is 0 Å². The molecule has 1 N–H and O–H groups in total. The lowest BCUT2D eigenvalue weighted by molar-refractivity contribution is 0.104. The van der Waals surface area contributed by atoms with Gasteiger partial charge >= 0.3 is 0 Å². The molecule has 0 radical (unpaired) electrons. The predicted octanol–water partition coefficient (Wildman–Crippen LogP) is 3.19. The van der Waals surface area contributed by atoms with Crippen molar-refractivity contribution in [3.8, 4) is 5.75 Å². The fourth-order valence-electron chi connectivity index (χ4n) is 1.41. The van der Waals surface area contributed by atoms with E-state index < -0.39 is 0 Å². The number of phenolic OH excluding ortho intramolecular Hbond substituents is 1. The van der Waals surface area contributed by atoms with Crippen molar-refractivity contribution < 1.29 is 9.90 Å². The van der Waals surface area contributed by atoms with Crippen LogP contribution in [0.25, 0.3) is 0 Å². The molecule has 0 fully saturated rings. The molecule has 0 heterocycles. The lowest BCUT2D eigenvalue weighted by Crippen LogP contribution is -2.15. The molecule has 0 unspecified atom stereocenters. The number of hydrogen-bond acceptors (Lipinski definition) is 3. The predicted molar refractivity (Wildman–Crippen MR) is 72.2 cm³/mol. The fourth-order valence-corrected chi connectivity index (χ4v) is 1.76. The molecule has 1 aromatic rings. The number of carbonyl (C=O) groups excluding carboxylic acids is 1. The summed E-state index contributed by atoms with van der Waals surface area (Å²) in [5.74, 6) is -0.199. The van der Waals surface area contributed by atoms with Gasteiger partial charge in [-0.15, -0.1) is 0 Å². The van der Waals surface area contributed by atoms with E-state index in [1.165, 1.54) is 12.1 Å². The van der Waals surface area contributed by atoms with Crippen LogP contribution in [-0.4, -0.2) is 28.9 Å². The van der Waals surface area contributed by atoms with Gasteiger partial charge in [0.15, 0.2) is 5.78 Å². The SMILES string of the molecule is CCN(C=CC(=O)c1ccc(Br)cc1O)CC. The van der Waals surface area contributed by atoms with E-state index in [1.807, 2.05) is 18.7 Å². The van der Waals surface area contributed by atoms with E-state index in [9.17, 15) is 9.90 Å². The molecule has 0 aliphatic rings. The highest BCUT2D eigenvalue weighted by atomic mass is 79.9. The van der Waals surface area contributed by atoms with Crippen LogP contribution in [0.5, 0.6) is 5.75 Å². The first-order valence-corrected chi connectivity index (χ1v) is 6.32. The monoisotopic (exact) mass is 297 g/mol. The van der Waals surface area contributed by atoms with Gasteiger partial charge in [-0.25, -0.2) is 0 Å². The molecule has 0 spiro atoms. The summed E-state index contributed by atoms with van der Waals surface area (Å²) < 4.78 is 0.749. The summed E-state index contributed by atoms with van der Waals surface area (Å²) in [5.41, 5.74) is 0.316. The average molecular weight is 298 g/mol. The number of rotatable bonds is 5. The molecule has 0 aromatic heterocycles. The van der Waals surface area contributed by atoms with Gasteiger partial charge in [0.1, 0.15) is 5.75 Å². The van der Waals surface area contributed by atoms with Gasteiger partial charge in [-0.3, -0.25) is 4.79 Å². The number of aromatic hydroxyl groups is 1. The third kappa shape index (κ3) is 3.89. The summed E-state index contributed by atoms with van der Waals surface area (Å²) in [7, 11) is 0. The van der Waals surface area contributed by atoms with Gasteiger partial charge in [0.05, 0.1) is 5.56 Å². The van der Waals surface area contributed by atoms with Crippen LogP contribution in [0.3, 0.4) is 0 Å². The second-order valence-corrected chi connectivity index (χ2v) is 4.48. The van der Waals surface area contributed by atoms with Crippen molar-refractivity contribution >= 4 is 21.7 Å². The smallest absolute Gasteiger partial charge is 0.190 e. The van der Waals surface area contributed by atoms with E-state index in [1.54, 1.807) is 18.3 Å². The van der Waals surface area contributed by atoms with Crippen LogP contribution in [0.2, 0.25) is 0 Å². The van der Waals surface area contributed by atoms with Gasteiger partial charge < -0.3 is 10.0 Å². The Labute approximate surface area is 110 Å². The lowest BCUT2D eigenvalue weighted by atomic mass is 10.1. The number of hydrogen-bond donors (Lipinski definition) is 1. The molecule has 92 valence electrons. The maximum atomic E-state index is 11.8. The van der Waals surface area contributed by atoms with Gasteiger partial charge in [-0.2, -0.15) is 0 Å². The molecule has 0 atom stereocenters. The minimum absolute atomic E-state index is 0.00595. The van der Waals surface area contributed by atoms with E-state index in [0.717, 1.165) is 17.6 Å². The van der Waals surface area contributed by atoms with Crippen LogP contribution in [0.15, 0.2) is 34.9 Å². The van der Waals surface area contributed by atoms with E-state index in [-0.39, 0.29) is 11.5 Å². The minimum Gasteiger partial charge on any atom is -0.507 e. The average Bonchev–Trinajstić information content (AvgIpc) is 2.30. The molecule has 1 rings (SSSR count). The molecule has 4 heteroatoms. The molecule has 1 aromatic carbocycles. The molecule has 0 amide bonds. The molecular weight excluding hydrogens is 282 g/mol. The summed E-state index contributed by atoms with van der Waals surface area (Å²) in [6.45, 7) is 5.75. The van der Waals surface area contributed by atoms with Gasteiger partial charge in [-0.1, -0.05) is 15.9 Å². The zero-order valence-electron chi connectivity index (χ0n) is 9.98. The van der Waals surface area contributed by atoms with Crippen molar-refractivity contribution in [2.24, 2.45) is 0 Å². The summed E-state index contributed by atoms with van der Waals surface area (Å²) in [6.07, 6.45) is 3.24. The Hall–Kier alpha value is -1.29. The number of nitrogens with zero attached hydrogens (tertiary/aromatic N) is 1. The topological polar surface area (TPSA) is 40.5 Å². The number of ketones is 1. The van der Waals surface area contributed by atoms with Crippen molar-refractivity contribution in [3.63, 3.8) is 0 Å². The van der Waals surface area contributed by atoms with Crippen LogP contribution in [0, 0.1) is 0 Å². The van der Waals surface area contributed by atoms with Gasteiger partial charge in [0.25, 0.3) is 0 Å². The Morgan fingerprint density at radius 3 is 2.59 bits per heavy atom. The molecule has 3 nitrogen and oxygen atoms in total. The number of halogens is 1. The third-order valence-electron chi connectivity index (χ3n) is 2.47. The van der Waals surface area contributed by atoms with Gasteiger partial charge in [-0.05, 0) is 32.0 Å². The Balaban J connectivity index is 2.83. The first kappa shape index (κ1) is 13.8. The van der Waals surface area contributed by atoms with E-state index in [2.05, 4.69) is 15.9 Å². The van der Waals surface area contributed by atoms with Crippen molar-refractivity contribution in [1.29, 1.82) is 0 Å². The Morgan fingerprint density at radius 2 is 2.06 bits per heavy atom. The Bertz CT molecular complexity index is 425. The minimum atomic E-state index is -0.193. The highest BCUT2D eigenvalue weighted by molar-refractivity contribution is 9.10. The Kier molecular flexibility index (Phi) is 5.22. The molecule has 0 aliphatic carbocycles. The van der Waals surface area contributed by atoms with E-state index >= 15 is 0 Å². The fraction of sp³-hybridized carbons (Fsp3) is 0.308. The molecule has 0 saturated carbocycles. The van der Waals surface area contributed by atoms with Crippen LogP contribution < -0.4 is 0 Å². The third-order valence-corrected chi connectivity index (χ3v) is 2.97. The first-order valence-electron chi connectivity index (χ1n) is 5.53. The summed E-state index contributed by atoms with van der Waals surface area (Å²) >= 11 is 3.23. The van der Waals surface area contributed by atoms with Crippen molar-refractivity contribution in [3.05, 3.63) is 40.5 Å². The zero-order valence-corrected chi connectivity index (χ0v) is 11.6. The molecule has 0 saturated heterocycles. The summed E-state index contributed by atoms with van der Waals surface area (Å²) in [5, 5.41) is 9.64. The van der Waals surface area contributed by atoms with Crippen molar-refractivity contribution in [2.45, 2.75) is 13.8 Å². The largest absolute Gasteiger partial charge is 0.507 e. The summed E-state index contributed by atoms with van der Waals surface area (Å²) in [6, 6.07) is 4.85. The van der Waals surface area contributed by atoms with Crippen molar-refractivity contribution in [2.75, 3.05) is 13.1 Å². The van der Waals surface area contributed by atoms with Crippen LogP contribution in [-0.2, 0) is 0 Å². The maximum absolute atomic E-state index is 11.8. The molecule has 17 heavy (non-hydrogen) atoms. The Morgan fingerprint density at radius 1 is 1.41 bits per heavy atom. The van der Waals surface area contributed by atoms with Gasteiger partial charge in [0, 0.05) is 29.8 Å². The second kappa shape index (κ2) is 6.45. The van der Waals surface area contributed by atoms with E-state index in [0.29, 0.717) is 5.56 Å². The van der Waals surface area contributed by atoms with Crippen LogP contribution in [0.1, 0.15) is 24.2 Å². The number of carbonyl (C=O) groups is 1. The second-order valence-electron chi connectivity index (χ2n) is 3.56. The normalized spacial score (nSPS) is 10.8. The highest BCUT2D eigenvalue weighted by Gasteiger charge is 2.08. The first-order chi connectivity index (χ1) is 8.08. The maximum Gasteiger partial charge on any atom is 0.190 e. The zero-order chi connectivity index (χ0) is 12.8. The molecular formula is C13H16BrNO2. The van der Waals surface area contributed by atoms with Crippen LogP contribution >= 0.6 is 15.9 Å². The molecule has 0 aliphatic heterocycles. The number of phenols is 1. The molecule has 0 bridgehead atoms. The van der Waals surface area contributed by atoms with Crippen molar-refractivity contribution in [1.82, 2.24) is 4.90 Å². The van der Waals surface area contributed by atoms with Crippen LogP contribution in [0.4, 0.5) is 0 Å². The number of benzene rings is 1. The quantitative estimate of drug-likeness (QED) is 0.670.